The molecule has 25 heavy (non-hydrogen) atoms. The summed E-state index contributed by atoms with van der Waals surface area (Å²) in [5, 5.41) is 3.49. The Morgan fingerprint density at radius 3 is 2.60 bits per heavy atom. The zero-order chi connectivity index (χ0) is 17.5. The van der Waals surface area contributed by atoms with E-state index >= 15 is 0 Å². The number of nitrogens with one attached hydrogen (secondary N) is 1. The van der Waals surface area contributed by atoms with Gasteiger partial charge in [-0.25, -0.2) is 0 Å². The first-order valence-electron chi connectivity index (χ1n) is 9.08. The van der Waals surface area contributed by atoms with E-state index in [-0.39, 0.29) is 18.0 Å². The molecule has 5 nitrogen and oxygen atoms in total. The number of nitrogens with zero attached hydrogens (tertiary/aromatic N) is 3. The number of piperidine rings is 1. The van der Waals surface area contributed by atoms with E-state index in [1.54, 1.807) is 18.6 Å². The topological polar surface area (TPSA) is 58.1 Å². The molecule has 1 amide bonds. The molecule has 0 saturated carbocycles. The van der Waals surface area contributed by atoms with Crippen LogP contribution in [-0.4, -0.2) is 39.9 Å². The summed E-state index contributed by atoms with van der Waals surface area (Å²) in [4.78, 5) is 23.6. The summed E-state index contributed by atoms with van der Waals surface area (Å²) in [6.07, 6.45) is 9.20. The lowest BCUT2D eigenvalue weighted by Gasteiger charge is -2.32. The number of hydrogen-bond donors (Lipinski definition) is 1. The summed E-state index contributed by atoms with van der Waals surface area (Å²) < 4.78 is 0. The number of likely N-dealkylation sites (tertiary alicyclic amines) is 1. The molecule has 3 rings (SSSR count). The van der Waals surface area contributed by atoms with Crippen LogP contribution in [0.4, 0.5) is 0 Å². The smallest absolute Gasteiger partial charge is 0.240 e. The molecule has 0 spiro atoms. The number of rotatable bonds is 6. The molecule has 5 heteroatoms. The number of carbonyl (C=O) groups excluding carboxylic acids is 1. The minimum absolute atomic E-state index is 0.0313. The van der Waals surface area contributed by atoms with Crippen LogP contribution >= 0.6 is 0 Å². The first-order chi connectivity index (χ1) is 12.2. The molecule has 0 unspecified atom stereocenters. The molecule has 2 aromatic rings. The van der Waals surface area contributed by atoms with Gasteiger partial charge in [-0.15, -0.1) is 0 Å². The summed E-state index contributed by atoms with van der Waals surface area (Å²) in [7, 11) is 0. The van der Waals surface area contributed by atoms with Gasteiger partial charge in [-0.1, -0.05) is 30.3 Å². The average molecular weight is 338 g/mol. The Balaban J connectivity index is 1.74. The van der Waals surface area contributed by atoms with E-state index in [0.29, 0.717) is 6.42 Å². The lowest BCUT2D eigenvalue weighted by atomic mass is 10.0. The second-order valence-corrected chi connectivity index (χ2v) is 6.65. The molecule has 0 bridgehead atoms. The molecule has 1 aromatic carbocycles. The number of amides is 1. The van der Waals surface area contributed by atoms with Gasteiger partial charge in [-0.2, -0.15) is 0 Å². The Labute approximate surface area is 149 Å². The summed E-state index contributed by atoms with van der Waals surface area (Å²) in [6, 6.07) is 9.90. The first kappa shape index (κ1) is 17.5. The number of hydrogen-bond acceptors (Lipinski definition) is 4. The molecule has 1 aromatic heterocycles. The number of carbonyl (C=O) groups is 1. The van der Waals surface area contributed by atoms with Crippen LogP contribution in [0.15, 0.2) is 48.9 Å². The maximum Gasteiger partial charge on any atom is 0.240 e. The molecule has 1 aliphatic rings. The highest BCUT2D eigenvalue weighted by atomic mass is 16.2. The zero-order valence-corrected chi connectivity index (χ0v) is 14.8. The predicted octanol–water partition coefficient (Wildman–Crippen LogP) is 2.75. The van der Waals surface area contributed by atoms with Gasteiger partial charge in [0.15, 0.2) is 0 Å². The maximum absolute atomic E-state index is 13.1. The van der Waals surface area contributed by atoms with Crippen molar-refractivity contribution in [2.24, 2.45) is 0 Å². The summed E-state index contributed by atoms with van der Waals surface area (Å²) in [5.74, 6) is 0.194. The molecule has 2 atom stereocenters. The molecule has 1 fully saturated rings. The molecular formula is C20H26N4O. The normalized spacial score (nSPS) is 17.1. The van der Waals surface area contributed by atoms with Gasteiger partial charge in [-0.05, 0) is 38.2 Å². The van der Waals surface area contributed by atoms with E-state index in [9.17, 15) is 4.79 Å². The average Bonchev–Trinajstić information content (AvgIpc) is 2.69. The summed E-state index contributed by atoms with van der Waals surface area (Å²) in [6.45, 7) is 3.77. The second kappa shape index (κ2) is 8.72. The minimum atomic E-state index is -0.252. The maximum atomic E-state index is 13.1. The van der Waals surface area contributed by atoms with Crippen LogP contribution in [0, 0.1) is 0 Å². The Bertz CT molecular complexity index is 656. The molecular weight excluding hydrogens is 312 g/mol. The van der Waals surface area contributed by atoms with Crippen LogP contribution in [0.5, 0.6) is 0 Å². The van der Waals surface area contributed by atoms with Crippen molar-refractivity contribution >= 4 is 5.91 Å². The van der Waals surface area contributed by atoms with Crippen molar-refractivity contribution in [1.29, 1.82) is 0 Å². The van der Waals surface area contributed by atoms with Gasteiger partial charge < -0.3 is 4.90 Å². The zero-order valence-electron chi connectivity index (χ0n) is 14.8. The van der Waals surface area contributed by atoms with Gasteiger partial charge in [0, 0.05) is 37.7 Å². The largest absolute Gasteiger partial charge is 0.341 e. The lowest BCUT2D eigenvalue weighted by Crippen LogP contribution is -2.50. The van der Waals surface area contributed by atoms with E-state index in [4.69, 9.17) is 0 Å². The van der Waals surface area contributed by atoms with Gasteiger partial charge in [0.2, 0.25) is 5.91 Å². The Kier molecular flexibility index (Phi) is 6.12. The van der Waals surface area contributed by atoms with Gasteiger partial charge >= 0.3 is 0 Å². The van der Waals surface area contributed by atoms with E-state index in [1.165, 1.54) is 6.42 Å². The number of aromatic nitrogens is 2. The number of benzene rings is 1. The first-order valence-corrected chi connectivity index (χ1v) is 9.08. The second-order valence-electron chi connectivity index (χ2n) is 6.65. The van der Waals surface area contributed by atoms with Crippen molar-refractivity contribution in [2.75, 3.05) is 13.1 Å². The molecule has 1 N–H and O–H groups in total. The van der Waals surface area contributed by atoms with E-state index in [1.807, 2.05) is 30.0 Å². The van der Waals surface area contributed by atoms with Crippen LogP contribution < -0.4 is 5.32 Å². The van der Waals surface area contributed by atoms with Gasteiger partial charge in [0.05, 0.1) is 11.7 Å². The molecule has 0 radical (unpaired) electrons. The molecule has 1 aliphatic heterocycles. The van der Waals surface area contributed by atoms with Crippen LogP contribution in [0.2, 0.25) is 0 Å². The van der Waals surface area contributed by atoms with E-state index in [0.717, 1.165) is 37.2 Å². The fourth-order valence-corrected chi connectivity index (χ4v) is 3.32. The van der Waals surface area contributed by atoms with Crippen molar-refractivity contribution in [2.45, 2.75) is 44.7 Å². The quantitative estimate of drug-likeness (QED) is 0.880. The van der Waals surface area contributed by atoms with Crippen molar-refractivity contribution < 1.29 is 4.79 Å². The SMILES string of the molecule is C[C@H](N[C@@H](Cc1ccccc1)C(=O)N1CCCCC1)c1cnccn1. The molecule has 132 valence electrons. The summed E-state index contributed by atoms with van der Waals surface area (Å²) in [5.41, 5.74) is 2.02. The van der Waals surface area contributed by atoms with Crippen LogP contribution in [0.25, 0.3) is 0 Å². The molecule has 1 saturated heterocycles. The predicted molar refractivity (Wildman–Crippen MR) is 97.9 cm³/mol. The van der Waals surface area contributed by atoms with Crippen molar-refractivity contribution in [3.63, 3.8) is 0 Å². The van der Waals surface area contributed by atoms with Crippen LogP contribution in [0.3, 0.4) is 0 Å². The monoisotopic (exact) mass is 338 g/mol. The van der Waals surface area contributed by atoms with Gasteiger partial charge in [0.25, 0.3) is 0 Å². The highest BCUT2D eigenvalue weighted by molar-refractivity contribution is 5.82. The van der Waals surface area contributed by atoms with Gasteiger partial charge in [-0.3, -0.25) is 20.1 Å². The summed E-state index contributed by atoms with van der Waals surface area (Å²) >= 11 is 0. The minimum Gasteiger partial charge on any atom is -0.341 e. The van der Waals surface area contributed by atoms with E-state index < -0.39 is 0 Å². The standard InChI is InChI=1S/C20H26N4O/c1-16(19-15-21-10-11-22-19)23-18(14-17-8-4-2-5-9-17)20(25)24-12-6-3-7-13-24/h2,4-5,8-11,15-16,18,23H,3,6-7,12-14H2,1H3/t16-,18-/m0/s1. The van der Waals surface area contributed by atoms with Crippen molar-refractivity contribution in [1.82, 2.24) is 20.2 Å². The van der Waals surface area contributed by atoms with Crippen LogP contribution in [0.1, 0.15) is 43.5 Å². The molecule has 0 aliphatic carbocycles. The highest BCUT2D eigenvalue weighted by Crippen LogP contribution is 2.16. The third kappa shape index (κ3) is 4.86. The van der Waals surface area contributed by atoms with Gasteiger partial charge in [0.1, 0.15) is 0 Å². The Morgan fingerprint density at radius 1 is 1.16 bits per heavy atom. The lowest BCUT2D eigenvalue weighted by molar-refractivity contribution is -0.134. The third-order valence-electron chi connectivity index (χ3n) is 4.73. The van der Waals surface area contributed by atoms with Crippen LogP contribution in [-0.2, 0) is 11.2 Å². The Morgan fingerprint density at radius 2 is 1.92 bits per heavy atom. The van der Waals surface area contributed by atoms with E-state index in [2.05, 4.69) is 27.4 Å². The molecule has 2 heterocycles. The highest BCUT2D eigenvalue weighted by Gasteiger charge is 2.27. The van der Waals surface area contributed by atoms with Crippen molar-refractivity contribution in [3.8, 4) is 0 Å². The fourth-order valence-electron chi connectivity index (χ4n) is 3.32. The Hall–Kier alpha value is -2.27. The third-order valence-corrected chi connectivity index (χ3v) is 4.73. The fraction of sp³-hybridized carbons (Fsp3) is 0.450. The van der Waals surface area contributed by atoms with Crippen molar-refractivity contribution in [3.05, 3.63) is 60.2 Å².